The molecular formula is C14H15Cl3O3S. The molecule has 0 N–H and O–H groups in total. The molecule has 3 rings (SSSR count). The van der Waals surface area contributed by atoms with Crippen LogP contribution in [0, 0.1) is 17.8 Å². The summed E-state index contributed by atoms with van der Waals surface area (Å²) in [4.78, 5) is -0.192. The highest BCUT2D eigenvalue weighted by molar-refractivity contribution is 8.13. The number of halogens is 3. The molecule has 3 unspecified atom stereocenters. The largest absolute Gasteiger partial charge is 0.492 e. The van der Waals surface area contributed by atoms with Gasteiger partial charge in [-0.25, -0.2) is 8.42 Å². The average Bonchev–Trinajstić information content (AvgIpc) is 3.01. The Bertz CT molecular complexity index is 660. The number of benzene rings is 1. The lowest BCUT2D eigenvalue weighted by Gasteiger charge is -2.22. The SMILES string of the molecule is O=S(=O)(Cl)c1ccc(OCC2CC3CCC2C3)c(Cl)c1Cl. The van der Waals surface area contributed by atoms with Crippen LogP contribution in [0.25, 0.3) is 0 Å². The van der Waals surface area contributed by atoms with E-state index in [1.807, 2.05) is 0 Å². The van der Waals surface area contributed by atoms with Crippen LogP contribution in [0.5, 0.6) is 5.75 Å². The van der Waals surface area contributed by atoms with Gasteiger partial charge in [0.05, 0.1) is 11.6 Å². The molecule has 2 aliphatic rings. The van der Waals surface area contributed by atoms with Crippen LogP contribution >= 0.6 is 33.9 Å². The minimum Gasteiger partial charge on any atom is -0.492 e. The van der Waals surface area contributed by atoms with Crippen LogP contribution in [0.15, 0.2) is 17.0 Å². The lowest BCUT2D eigenvalue weighted by Crippen LogP contribution is -2.18. The fourth-order valence-corrected chi connectivity index (χ4v) is 5.38. The molecule has 21 heavy (non-hydrogen) atoms. The van der Waals surface area contributed by atoms with E-state index in [9.17, 15) is 8.42 Å². The quantitative estimate of drug-likeness (QED) is 0.720. The van der Waals surface area contributed by atoms with Crippen molar-refractivity contribution in [2.75, 3.05) is 6.61 Å². The highest BCUT2D eigenvalue weighted by atomic mass is 35.7. The third-order valence-corrected chi connectivity index (χ3v) is 6.95. The van der Waals surface area contributed by atoms with Crippen molar-refractivity contribution in [2.45, 2.75) is 30.6 Å². The molecule has 1 aromatic carbocycles. The normalized spacial score (nSPS) is 28.0. The molecule has 0 aliphatic heterocycles. The van der Waals surface area contributed by atoms with E-state index in [2.05, 4.69) is 0 Å². The Balaban J connectivity index is 1.73. The molecule has 0 amide bonds. The molecular weight excluding hydrogens is 355 g/mol. The first-order valence-corrected chi connectivity index (χ1v) is 9.98. The summed E-state index contributed by atoms with van der Waals surface area (Å²) in [5.41, 5.74) is 0. The Kier molecular flexibility index (Phi) is 4.34. The number of hydrogen-bond donors (Lipinski definition) is 0. The molecule has 0 spiro atoms. The summed E-state index contributed by atoms with van der Waals surface area (Å²) in [6, 6.07) is 2.84. The van der Waals surface area contributed by atoms with Gasteiger partial charge < -0.3 is 4.74 Å². The van der Waals surface area contributed by atoms with E-state index in [0.717, 1.165) is 11.8 Å². The zero-order valence-corrected chi connectivity index (χ0v) is 14.3. The standard InChI is InChI=1S/C14H15Cl3O3S/c15-13-11(3-4-12(14(13)16)21(17,18)19)20-7-10-6-8-1-2-9(10)5-8/h3-4,8-10H,1-2,5-7H2. The van der Waals surface area contributed by atoms with Crippen LogP contribution < -0.4 is 4.74 Å². The average molecular weight is 370 g/mol. The van der Waals surface area contributed by atoms with Gasteiger partial charge in [-0.05, 0) is 49.1 Å². The van der Waals surface area contributed by atoms with E-state index >= 15 is 0 Å². The van der Waals surface area contributed by atoms with E-state index in [4.69, 9.17) is 38.6 Å². The maximum Gasteiger partial charge on any atom is 0.262 e. The molecule has 1 aromatic rings. The van der Waals surface area contributed by atoms with Crippen molar-refractivity contribution in [1.29, 1.82) is 0 Å². The van der Waals surface area contributed by atoms with Crippen molar-refractivity contribution in [1.82, 2.24) is 0 Å². The van der Waals surface area contributed by atoms with Gasteiger partial charge >= 0.3 is 0 Å². The monoisotopic (exact) mass is 368 g/mol. The van der Waals surface area contributed by atoms with E-state index in [1.165, 1.54) is 37.8 Å². The van der Waals surface area contributed by atoms with Crippen molar-refractivity contribution in [3.63, 3.8) is 0 Å². The molecule has 0 radical (unpaired) electrons. The number of ether oxygens (including phenoxy) is 1. The van der Waals surface area contributed by atoms with Gasteiger partial charge in [-0.1, -0.05) is 29.6 Å². The second kappa shape index (κ2) is 5.80. The zero-order valence-electron chi connectivity index (χ0n) is 11.2. The highest BCUT2D eigenvalue weighted by Crippen LogP contribution is 2.48. The van der Waals surface area contributed by atoms with Crippen LogP contribution in [0.4, 0.5) is 0 Å². The first-order valence-electron chi connectivity index (χ1n) is 6.91. The van der Waals surface area contributed by atoms with Crippen LogP contribution in [-0.4, -0.2) is 15.0 Å². The number of hydrogen-bond acceptors (Lipinski definition) is 3. The third-order valence-electron chi connectivity index (χ3n) is 4.61. The summed E-state index contributed by atoms with van der Waals surface area (Å²) >= 11 is 12.1. The Morgan fingerprint density at radius 2 is 1.90 bits per heavy atom. The minimum absolute atomic E-state index is 0.0860. The molecule has 2 fully saturated rings. The van der Waals surface area contributed by atoms with Gasteiger partial charge in [0.1, 0.15) is 15.7 Å². The second-order valence-electron chi connectivity index (χ2n) is 5.87. The number of fused-ring (bicyclic) bond motifs is 2. The van der Waals surface area contributed by atoms with Gasteiger partial charge in [-0.3, -0.25) is 0 Å². The third kappa shape index (κ3) is 3.14. The molecule has 0 saturated heterocycles. The number of rotatable bonds is 4. The molecule has 3 nitrogen and oxygen atoms in total. The van der Waals surface area contributed by atoms with Crippen molar-refractivity contribution in [2.24, 2.45) is 17.8 Å². The van der Waals surface area contributed by atoms with Crippen molar-refractivity contribution < 1.29 is 13.2 Å². The maximum atomic E-state index is 11.4. The summed E-state index contributed by atoms with van der Waals surface area (Å²) in [5.74, 6) is 2.58. The fraction of sp³-hybridized carbons (Fsp3) is 0.571. The summed E-state index contributed by atoms with van der Waals surface area (Å²) in [5, 5.41) is 0.0126. The van der Waals surface area contributed by atoms with Crippen molar-refractivity contribution in [3.8, 4) is 5.75 Å². The predicted octanol–water partition coefficient (Wildman–Crippen LogP) is 4.74. The summed E-state index contributed by atoms with van der Waals surface area (Å²) in [6.45, 7) is 0.601. The predicted molar refractivity (Wildman–Crippen MR) is 83.9 cm³/mol. The fourth-order valence-electron chi connectivity index (χ4n) is 3.59. The second-order valence-corrected chi connectivity index (χ2v) is 9.16. The first kappa shape index (κ1) is 15.7. The Morgan fingerprint density at radius 3 is 2.48 bits per heavy atom. The molecule has 0 aromatic heterocycles. The van der Waals surface area contributed by atoms with Gasteiger partial charge in [-0.2, -0.15) is 0 Å². The van der Waals surface area contributed by atoms with Crippen molar-refractivity contribution >= 4 is 42.9 Å². The summed E-state index contributed by atoms with van der Waals surface area (Å²) in [6.07, 6.45) is 5.16. The molecule has 2 aliphatic carbocycles. The van der Waals surface area contributed by atoms with Gasteiger partial charge in [0.2, 0.25) is 0 Å². The molecule has 3 atom stereocenters. The Labute approximate surface area is 138 Å². The lowest BCUT2D eigenvalue weighted by atomic mass is 9.89. The minimum atomic E-state index is -3.91. The summed E-state index contributed by atoms with van der Waals surface area (Å²) < 4.78 is 28.5. The van der Waals surface area contributed by atoms with Crippen LogP contribution in [0.1, 0.15) is 25.7 Å². The van der Waals surface area contributed by atoms with Crippen LogP contribution in [0.3, 0.4) is 0 Å². The Morgan fingerprint density at radius 1 is 1.14 bits per heavy atom. The maximum absolute atomic E-state index is 11.4. The lowest BCUT2D eigenvalue weighted by molar-refractivity contribution is 0.195. The molecule has 0 heterocycles. The molecule has 2 bridgehead atoms. The smallest absolute Gasteiger partial charge is 0.262 e. The van der Waals surface area contributed by atoms with Gasteiger partial charge in [0.15, 0.2) is 0 Å². The molecule has 116 valence electrons. The molecule has 7 heteroatoms. The summed E-state index contributed by atoms with van der Waals surface area (Å²) in [7, 11) is 1.39. The van der Waals surface area contributed by atoms with E-state index in [-0.39, 0.29) is 14.9 Å². The van der Waals surface area contributed by atoms with Crippen LogP contribution in [0.2, 0.25) is 10.0 Å². The van der Waals surface area contributed by atoms with Gasteiger partial charge in [0, 0.05) is 10.7 Å². The van der Waals surface area contributed by atoms with Gasteiger partial charge in [0.25, 0.3) is 9.05 Å². The van der Waals surface area contributed by atoms with Crippen molar-refractivity contribution in [3.05, 3.63) is 22.2 Å². The topological polar surface area (TPSA) is 43.4 Å². The molecule has 2 saturated carbocycles. The van der Waals surface area contributed by atoms with Crippen LogP contribution in [-0.2, 0) is 9.05 Å². The first-order chi connectivity index (χ1) is 9.86. The van der Waals surface area contributed by atoms with E-state index in [0.29, 0.717) is 18.3 Å². The van der Waals surface area contributed by atoms with Gasteiger partial charge in [-0.15, -0.1) is 0 Å². The Hall–Kier alpha value is -0.160. The van der Waals surface area contributed by atoms with E-state index < -0.39 is 9.05 Å². The zero-order chi connectivity index (χ0) is 15.2. The highest BCUT2D eigenvalue weighted by Gasteiger charge is 2.39. The van der Waals surface area contributed by atoms with E-state index in [1.54, 1.807) is 0 Å².